The van der Waals surface area contributed by atoms with Crippen LogP contribution in [0.3, 0.4) is 0 Å². The molecule has 0 bridgehead atoms. The Labute approximate surface area is 119 Å². The molecule has 1 N–H and O–H groups in total. The summed E-state index contributed by atoms with van der Waals surface area (Å²) in [7, 11) is 0. The van der Waals surface area contributed by atoms with Crippen molar-refractivity contribution in [2.75, 3.05) is 19.7 Å². The average Bonchev–Trinajstić information content (AvgIpc) is 2.39. The third-order valence-electron chi connectivity index (χ3n) is 2.98. The van der Waals surface area contributed by atoms with Crippen LogP contribution in [0.25, 0.3) is 0 Å². The van der Waals surface area contributed by atoms with Crippen molar-refractivity contribution in [3.63, 3.8) is 0 Å². The zero-order chi connectivity index (χ0) is 15.1. The maximum Gasteiger partial charge on any atom is 0.323 e. The highest BCUT2D eigenvalue weighted by Crippen LogP contribution is 2.19. The van der Waals surface area contributed by atoms with Crippen LogP contribution < -0.4 is 4.74 Å². The Morgan fingerprint density at radius 2 is 2.00 bits per heavy atom. The van der Waals surface area contributed by atoms with Gasteiger partial charge in [0.1, 0.15) is 12.3 Å². The maximum absolute atomic E-state index is 11.8. The first-order valence-electron chi connectivity index (χ1n) is 6.63. The van der Waals surface area contributed by atoms with Gasteiger partial charge in [-0.3, -0.25) is 9.59 Å². The smallest absolute Gasteiger partial charge is 0.323 e. The number of nitrogens with zero attached hydrogens (tertiary/aromatic N) is 1. The summed E-state index contributed by atoms with van der Waals surface area (Å²) < 4.78 is 5.59. The summed E-state index contributed by atoms with van der Waals surface area (Å²) in [5.41, 5.74) is 2.11. The molecule has 1 amide bonds. The summed E-state index contributed by atoms with van der Waals surface area (Å²) in [5.74, 6) is -0.449. The van der Waals surface area contributed by atoms with E-state index in [0.29, 0.717) is 6.54 Å². The first kappa shape index (κ1) is 16.0. The molecular formula is C15H21NO4. The molecule has 0 radical (unpaired) electrons. The van der Waals surface area contributed by atoms with Gasteiger partial charge in [0.15, 0.2) is 0 Å². The van der Waals surface area contributed by atoms with Gasteiger partial charge in [-0.15, -0.1) is 0 Å². The fraction of sp³-hybridized carbons (Fsp3) is 0.467. The van der Waals surface area contributed by atoms with Gasteiger partial charge in [-0.2, -0.15) is 0 Å². The number of amides is 1. The van der Waals surface area contributed by atoms with Gasteiger partial charge in [0.05, 0.1) is 13.0 Å². The number of rotatable bonds is 7. The minimum atomic E-state index is -1.00. The number of hydrogen-bond donors (Lipinski definition) is 1. The molecule has 0 fully saturated rings. The van der Waals surface area contributed by atoms with E-state index in [4.69, 9.17) is 9.84 Å². The van der Waals surface area contributed by atoms with Crippen LogP contribution in [0, 0.1) is 13.8 Å². The van der Waals surface area contributed by atoms with Crippen LogP contribution in [0.4, 0.5) is 0 Å². The third kappa shape index (κ3) is 4.91. The zero-order valence-corrected chi connectivity index (χ0v) is 12.2. The van der Waals surface area contributed by atoms with Gasteiger partial charge < -0.3 is 14.7 Å². The number of aryl methyl sites for hydroxylation is 2. The van der Waals surface area contributed by atoms with Crippen LogP contribution in [0.5, 0.6) is 5.75 Å². The van der Waals surface area contributed by atoms with E-state index in [1.54, 1.807) is 6.92 Å². The second-order valence-corrected chi connectivity index (χ2v) is 4.67. The number of carboxylic acids is 1. The number of ether oxygens (including phenoxy) is 1. The number of benzene rings is 1. The summed E-state index contributed by atoms with van der Waals surface area (Å²) in [6.45, 7) is 6.04. The molecule has 20 heavy (non-hydrogen) atoms. The van der Waals surface area contributed by atoms with Crippen LogP contribution >= 0.6 is 0 Å². The lowest BCUT2D eigenvalue weighted by atomic mass is 10.1. The first-order chi connectivity index (χ1) is 9.43. The molecule has 0 aliphatic heterocycles. The largest absolute Gasteiger partial charge is 0.493 e. The molecule has 0 aromatic heterocycles. The molecular weight excluding hydrogens is 258 g/mol. The van der Waals surface area contributed by atoms with E-state index in [-0.39, 0.29) is 25.5 Å². The Kier molecular flexibility index (Phi) is 6.03. The molecule has 1 rings (SSSR count). The highest BCUT2D eigenvalue weighted by Gasteiger charge is 2.14. The number of likely N-dealkylation sites (N-methyl/N-ethyl adjacent to an activating group) is 1. The van der Waals surface area contributed by atoms with Crippen molar-refractivity contribution in [1.82, 2.24) is 4.90 Å². The Morgan fingerprint density at radius 1 is 1.30 bits per heavy atom. The predicted octanol–water partition coefficient (Wildman–Crippen LogP) is 2.01. The normalized spacial score (nSPS) is 10.2. The first-order valence-corrected chi connectivity index (χ1v) is 6.63. The van der Waals surface area contributed by atoms with Crippen LogP contribution in [-0.4, -0.2) is 41.6 Å². The maximum atomic E-state index is 11.8. The zero-order valence-electron chi connectivity index (χ0n) is 12.2. The van der Waals surface area contributed by atoms with Gasteiger partial charge in [0, 0.05) is 6.54 Å². The lowest BCUT2D eigenvalue weighted by molar-refractivity contribution is -0.144. The lowest BCUT2D eigenvalue weighted by Gasteiger charge is -2.18. The van der Waals surface area contributed by atoms with Gasteiger partial charge in [0.25, 0.3) is 0 Å². The summed E-state index contributed by atoms with van der Waals surface area (Å²) in [4.78, 5) is 23.8. The molecule has 1 aromatic carbocycles. The summed E-state index contributed by atoms with van der Waals surface area (Å²) in [6, 6.07) is 5.89. The van der Waals surface area contributed by atoms with Crippen molar-refractivity contribution in [1.29, 1.82) is 0 Å². The minimum absolute atomic E-state index is 0.175. The standard InChI is InChI=1S/C15H21NO4/c1-4-16(10-15(18)19)14(17)7-8-20-13-9-11(2)5-6-12(13)3/h5-6,9H,4,7-8,10H2,1-3H3,(H,18,19). The fourth-order valence-corrected chi connectivity index (χ4v) is 1.81. The SMILES string of the molecule is CCN(CC(=O)O)C(=O)CCOc1cc(C)ccc1C. The number of hydrogen-bond acceptors (Lipinski definition) is 3. The van der Waals surface area contributed by atoms with Gasteiger partial charge in [-0.05, 0) is 38.0 Å². The summed E-state index contributed by atoms with van der Waals surface area (Å²) in [6.07, 6.45) is 0.175. The second-order valence-electron chi connectivity index (χ2n) is 4.67. The van der Waals surface area contributed by atoms with Crippen LogP contribution in [0.2, 0.25) is 0 Å². The number of aliphatic carboxylic acids is 1. The number of carbonyl (C=O) groups excluding carboxylic acids is 1. The lowest BCUT2D eigenvalue weighted by Crippen LogP contribution is -2.36. The molecule has 0 saturated heterocycles. The van der Waals surface area contributed by atoms with Crippen molar-refractivity contribution >= 4 is 11.9 Å². The monoisotopic (exact) mass is 279 g/mol. The highest BCUT2D eigenvalue weighted by molar-refractivity contribution is 5.81. The highest BCUT2D eigenvalue weighted by atomic mass is 16.5. The average molecular weight is 279 g/mol. The van der Waals surface area contributed by atoms with Crippen LogP contribution in [0.1, 0.15) is 24.5 Å². The summed E-state index contributed by atoms with van der Waals surface area (Å²) >= 11 is 0. The molecule has 0 saturated carbocycles. The molecule has 0 aliphatic carbocycles. The Hall–Kier alpha value is -2.04. The topological polar surface area (TPSA) is 66.8 Å². The minimum Gasteiger partial charge on any atom is -0.493 e. The third-order valence-corrected chi connectivity index (χ3v) is 2.98. The molecule has 0 unspecified atom stereocenters. The van der Waals surface area contributed by atoms with Crippen molar-refractivity contribution in [3.8, 4) is 5.75 Å². The molecule has 5 heteroatoms. The van der Waals surface area contributed by atoms with Crippen molar-refractivity contribution in [3.05, 3.63) is 29.3 Å². The molecule has 5 nitrogen and oxygen atoms in total. The Balaban J connectivity index is 2.48. The molecule has 1 aromatic rings. The molecule has 0 heterocycles. The molecule has 0 spiro atoms. The molecule has 0 aliphatic rings. The number of carboxylic acid groups (broad SMARTS) is 1. The van der Waals surface area contributed by atoms with Gasteiger partial charge in [0.2, 0.25) is 5.91 Å². The predicted molar refractivity (Wildman–Crippen MR) is 75.9 cm³/mol. The quantitative estimate of drug-likeness (QED) is 0.829. The van der Waals surface area contributed by atoms with E-state index >= 15 is 0 Å². The van der Waals surface area contributed by atoms with E-state index in [1.807, 2.05) is 32.0 Å². The van der Waals surface area contributed by atoms with Crippen molar-refractivity contribution in [2.45, 2.75) is 27.2 Å². The van der Waals surface area contributed by atoms with E-state index in [2.05, 4.69) is 0 Å². The van der Waals surface area contributed by atoms with Gasteiger partial charge >= 0.3 is 5.97 Å². The fourth-order valence-electron chi connectivity index (χ4n) is 1.81. The van der Waals surface area contributed by atoms with E-state index in [0.717, 1.165) is 16.9 Å². The van der Waals surface area contributed by atoms with Gasteiger partial charge in [-0.1, -0.05) is 12.1 Å². The second kappa shape index (κ2) is 7.53. The van der Waals surface area contributed by atoms with Gasteiger partial charge in [-0.25, -0.2) is 0 Å². The Morgan fingerprint density at radius 3 is 2.60 bits per heavy atom. The van der Waals surface area contributed by atoms with E-state index in [1.165, 1.54) is 4.90 Å². The molecule has 0 atom stereocenters. The van der Waals surface area contributed by atoms with E-state index in [9.17, 15) is 9.59 Å². The van der Waals surface area contributed by atoms with Crippen LogP contribution in [0.15, 0.2) is 18.2 Å². The summed E-state index contributed by atoms with van der Waals surface area (Å²) in [5, 5.41) is 8.71. The van der Waals surface area contributed by atoms with Crippen molar-refractivity contribution < 1.29 is 19.4 Å². The molecule has 110 valence electrons. The van der Waals surface area contributed by atoms with Crippen molar-refractivity contribution in [2.24, 2.45) is 0 Å². The van der Waals surface area contributed by atoms with E-state index < -0.39 is 5.97 Å². The Bertz CT molecular complexity index is 485. The van der Waals surface area contributed by atoms with Crippen LogP contribution in [-0.2, 0) is 9.59 Å². The number of carbonyl (C=O) groups is 2.